The Bertz CT molecular complexity index is 396. The highest BCUT2D eigenvalue weighted by Crippen LogP contribution is 2.27. The first-order valence-corrected chi connectivity index (χ1v) is 6.85. The van der Waals surface area contributed by atoms with Crippen LogP contribution in [0.1, 0.15) is 32.4 Å². The number of nitrogens with zero attached hydrogens (tertiary/aromatic N) is 3. The highest BCUT2D eigenvalue weighted by molar-refractivity contribution is 5.66. The summed E-state index contributed by atoms with van der Waals surface area (Å²) in [7, 11) is 1.96. The van der Waals surface area contributed by atoms with Gasteiger partial charge in [0.15, 0.2) is 0 Å². The first kappa shape index (κ1) is 13.2. The van der Waals surface area contributed by atoms with Gasteiger partial charge in [0.2, 0.25) is 0 Å². The van der Waals surface area contributed by atoms with E-state index in [1.54, 1.807) is 0 Å². The van der Waals surface area contributed by atoms with Gasteiger partial charge in [-0.3, -0.25) is 4.68 Å². The molecule has 2 heterocycles. The fourth-order valence-corrected chi connectivity index (χ4v) is 2.62. The van der Waals surface area contributed by atoms with Crippen LogP contribution < -0.4 is 10.6 Å². The van der Waals surface area contributed by atoms with Crippen molar-refractivity contribution >= 4 is 11.5 Å². The van der Waals surface area contributed by atoms with E-state index in [-0.39, 0.29) is 0 Å². The van der Waals surface area contributed by atoms with E-state index in [0.717, 1.165) is 49.7 Å². The van der Waals surface area contributed by atoms with E-state index in [2.05, 4.69) is 23.8 Å². The van der Waals surface area contributed by atoms with Crippen LogP contribution in [0.15, 0.2) is 0 Å². The van der Waals surface area contributed by atoms with Crippen LogP contribution in [-0.4, -0.2) is 35.6 Å². The highest BCUT2D eigenvalue weighted by atomic mass is 16.5. The van der Waals surface area contributed by atoms with E-state index in [9.17, 15) is 0 Å². The van der Waals surface area contributed by atoms with Gasteiger partial charge in [-0.05, 0) is 26.2 Å². The third kappa shape index (κ3) is 2.46. The molecule has 5 nitrogen and oxygen atoms in total. The van der Waals surface area contributed by atoms with Crippen molar-refractivity contribution in [2.24, 2.45) is 7.05 Å². The van der Waals surface area contributed by atoms with Crippen molar-refractivity contribution in [2.45, 2.75) is 39.2 Å². The summed E-state index contributed by atoms with van der Waals surface area (Å²) in [5.41, 5.74) is 8.00. The molecular formula is C13H24N4O. The first-order valence-electron chi connectivity index (χ1n) is 6.85. The molecule has 0 amide bonds. The first-order chi connectivity index (χ1) is 8.67. The van der Waals surface area contributed by atoms with Gasteiger partial charge in [0, 0.05) is 26.7 Å². The van der Waals surface area contributed by atoms with Gasteiger partial charge in [0.25, 0.3) is 0 Å². The molecule has 1 aromatic heterocycles. The van der Waals surface area contributed by atoms with Gasteiger partial charge in [-0.2, -0.15) is 5.10 Å². The second-order valence-electron chi connectivity index (χ2n) is 4.83. The maximum absolute atomic E-state index is 6.20. The van der Waals surface area contributed by atoms with Crippen molar-refractivity contribution in [3.8, 4) is 0 Å². The van der Waals surface area contributed by atoms with E-state index >= 15 is 0 Å². The standard InChI is InChI=1S/C13H24N4O/c1-4-11-12(14)13(16(3)15-11)17(5-2)9-10-7-6-8-18-10/h10H,4-9,14H2,1-3H3. The van der Waals surface area contributed by atoms with Gasteiger partial charge < -0.3 is 15.4 Å². The summed E-state index contributed by atoms with van der Waals surface area (Å²) in [6.07, 6.45) is 3.53. The average molecular weight is 252 g/mol. The number of nitrogen functional groups attached to an aromatic ring is 1. The molecule has 1 atom stereocenters. The summed E-state index contributed by atoms with van der Waals surface area (Å²) in [4.78, 5) is 2.28. The Hall–Kier alpha value is -1.23. The lowest BCUT2D eigenvalue weighted by Gasteiger charge is -2.26. The lowest BCUT2D eigenvalue weighted by atomic mass is 10.2. The summed E-state index contributed by atoms with van der Waals surface area (Å²) in [5.74, 6) is 1.03. The van der Waals surface area contributed by atoms with Crippen LogP contribution in [0.4, 0.5) is 11.5 Å². The number of rotatable bonds is 5. The van der Waals surface area contributed by atoms with Crippen LogP contribution in [0.5, 0.6) is 0 Å². The zero-order valence-corrected chi connectivity index (χ0v) is 11.6. The molecule has 0 aliphatic carbocycles. The summed E-state index contributed by atoms with van der Waals surface area (Å²) in [6, 6.07) is 0. The number of aromatic nitrogens is 2. The fourth-order valence-electron chi connectivity index (χ4n) is 2.62. The Morgan fingerprint density at radius 3 is 2.78 bits per heavy atom. The van der Waals surface area contributed by atoms with Gasteiger partial charge >= 0.3 is 0 Å². The molecule has 1 aliphatic heterocycles. The molecule has 1 saturated heterocycles. The Kier molecular flexibility index (Phi) is 4.11. The molecule has 1 unspecified atom stereocenters. The second kappa shape index (κ2) is 5.61. The molecule has 1 aromatic rings. The molecule has 102 valence electrons. The molecule has 0 saturated carbocycles. The van der Waals surface area contributed by atoms with Gasteiger partial charge in [-0.15, -0.1) is 0 Å². The van der Waals surface area contributed by atoms with Crippen molar-refractivity contribution in [3.05, 3.63) is 5.69 Å². The maximum atomic E-state index is 6.20. The van der Waals surface area contributed by atoms with Crippen LogP contribution in [0.2, 0.25) is 0 Å². The second-order valence-corrected chi connectivity index (χ2v) is 4.83. The summed E-state index contributed by atoms with van der Waals surface area (Å²) in [6.45, 7) is 6.95. The van der Waals surface area contributed by atoms with Crippen LogP contribution in [0.25, 0.3) is 0 Å². The Balaban J connectivity index is 2.18. The van der Waals surface area contributed by atoms with Gasteiger partial charge in [0.05, 0.1) is 17.5 Å². The Morgan fingerprint density at radius 2 is 2.28 bits per heavy atom. The van der Waals surface area contributed by atoms with E-state index in [0.29, 0.717) is 6.10 Å². The summed E-state index contributed by atoms with van der Waals surface area (Å²) < 4.78 is 7.60. The molecule has 0 aromatic carbocycles. The summed E-state index contributed by atoms with van der Waals surface area (Å²) >= 11 is 0. The molecular weight excluding hydrogens is 228 g/mol. The van der Waals surface area contributed by atoms with E-state index in [1.165, 1.54) is 6.42 Å². The topological polar surface area (TPSA) is 56.3 Å². The molecule has 2 rings (SSSR count). The third-order valence-electron chi connectivity index (χ3n) is 3.59. The molecule has 5 heteroatoms. The molecule has 0 spiro atoms. The number of hydrogen-bond acceptors (Lipinski definition) is 4. The van der Waals surface area contributed by atoms with Crippen molar-refractivity contribution in [3.63, 3.8) is 0 Å². The molecule has 2 N–H and O–H groups in total. The largest absolute Gasteiger partial charge is 0.394 e. The minimum atomic E-state index is 0.337. The van der Waals surface area contributed by atoms with E-state index < -0.39 is 0 Å². The van der Waals surface area contributed by atoms with Crippen molar-refractivity contribution in [1.82, 2.24) is 9.78 Å². The van der Waals surface area contributed by atoms with Gasteiger partial charge in [-0.25, -0.2) is 0 Å². The smallest absolute Gasteiger partial charge is 0.150 e. The number of likely N-dealkylation sites (N-methyl/N-ethyl adjacent to an activating group) is 1. The average Bonchev–Trinajstić information content (AvgIpc) is 2.95. The minimum absolute atomic E-state index is 0.337. The normalized spacial score (nSPS) is 19.4. The Labute approximate surface area is 109 Å². The third-order valence-corrected chi connectivity index (χ3v) is 3.59. The minimum Gasteiger partial charge on any atom is -0.394 e. The van der Waals surface area contributed by atoms with Crippen molar-refractivity contribution in [2.75, 3.05) is 30.3 Å². The predicted molar refractivity (Wildman–Crippen MR) is 73.9 cm³/mol. The van der Waals surface area contributed by atoms with Crippen LogP contribution in [-0.2, 0) is 18.2 Å². The quantitative estimate of drug-likeness (QED) is 0.864. The predicted octanol–water partition coefficient (Wildman–Crippen LogP) is 1.57. The van der Waals surface area contributed by atoms with E-state index in [4.69, 9.17) is 10.5 Å². The van der Waals surface area contributed by atoms with Gasteiger partial charge in [-0.1, -0.05) is 6.92 Å². The molecule has 1 aliphatic rings. The van der Waals surface area contributed by atoms with Crippen molar-refractivity contribution < 1.29 is 4.74 Å². The van der Waals surface area contributed by atoms with E-state index in [1.807, 2.05) is 11.7 Å². The lowest BCUT2D eigenvalue weighted by molar-refractivity contribution is 0.115. The number of hydrogen-bond donors (Lipinski definition) is 1. The van der Waals surface area contributed by atoms with Gasteiger partial charge in [0.1, 0.15) is 5.82 Å². The fraction of sp³-hybridized carbons (Fsp3) is 0.769. The van der Waals surface area contributed by atoms with Crippen LogP contribution >= 0.6 is 0 Å². The molecule has 18 heavy (non-hydrogen) atoms. The molecule has 0 radical (unpaired) electrons. The molecule has 0 bridgehead atoms. The number of anilines is 2. The maximum Gasteiger partial charge on any atom is 0.150 e. The highest BCUT2D eigenvalue weighted by Gasteiger charge is 2.23. The monoisotopic (exact) mass is 252 g/mol. The molecule has 1 fully saturated rings. The van der Waals surface area contributed by atoms with Crippen molar-refractivity contribution in [1.29, 1.82) is 0 Å². The summed E-state index contributed by atoms with van der Waals surface area (Å²) in [5, 5.41) is 4.48. The van der Waals surface area contributed by atoms with Crippen LogP contribution in [0, 0.1) is 0 Å². The SMILES string of the molecule is CCc1nn(C)c(N(CC)CC2CCCO2)c1N. The zero-order valence-electron chi connectivity index (χ0n) is 11.6. The number of aryl methyl sites for hydroxylation is 2. The zero-order chi connectivity index (χ0) is 13.1. The number of nitrogens with two attached hydrogens (primary N) is 1. The van der Waals surface area contributed by atoms with Crippen LogP contribution in [0.3, 0.4) is 0 Å². The lowest BCUT2D eigenvalue weighted by Crippen LogP contribution is -2.33. The number of ether oxygens (including phenoxy) is 1. The Morgan fingerprint density at radius 1 is 1.50 bits per heavy atom.